The van der Waals surface area contributed by atoms with Crippen molar-refractivity contribution >= 4 is 18.0 Å². The van der Waals surface area contributed by atoms with E-state index in [1.807, 2.05) is 60.7 Å². The zero-order valence-corrected chi connectivity index (χ0v) is 22.6. The topological polar surface area (TPSA) is 116 Å². The second-order valence-corrected chi connectivity index (χ2v) is 9.03. The van der Waals surface area contributed by atoms with Gasteiger partial charge in [-0.1, -0.05) is 60.7 Å². The molecule has 41 heavy (non-hydrogen) atoms. The van der Waals surface area contributed by atoms with E-state index in [2.05, 4.69) is 15.6 Å². The largest absolute Gasteiger partial charge is 0.492 e. The molecule has 2 amide bonds. The van der Waals surface area contributed by atoms with Crippen LogP contribution < -0.4 is 15.4 Å². The Hall–Kier alpha value is -5.18. The summed E-state index contributed by atoms with van der Waals surface area (Å²) < 4.78 is 15.8. The van der Waals surface area contributed by atoms with Crippen LogP contribution in [-0.4, -0.2) is 49.3 Å². The molecule has 210 valence electrons. The molecule has 9 heteroatoms. The van der Waals surface area contributed by atoms with Crippen LogP contribution >= 0.6 is 0 Å². The van der Waals surface area contributed by atoms with Crippen molar-refractivity contribution in [1.82, 2.24) is 15.6 Å². The van der Waals surface area contributed by atoms with Crippen molar-refractivity contribution in [3.63, 3.8) is 0 Å². The molecule has 1 atom stereocenters. The number of nitrogens with one attached hydrogen (secondary N) is 2. The predicted molar refractivity (Wildman–Crippen MR) is 153 cm³/mol. The average Bonchev–Trinajstić information content (AvgIpc) is 3.03. The second-order valence-electron chi connectivity index (χ2n) is 9.03. The molecule has 4 rings (SSSR count). The molecule has 0 saturated carbocycles. The SMILES string of the molecule is COC(=O)[C@H](Cc1ccc(OCCNC(=O)c2ccc(-c3ccccn3)cc2)cc1)NC(=O)OCc1ccccc1. The van der Waals surface area contributed by atoms with Crippen molar-refractivity contribution in [3.8, 4) is 17.0 Å². The first-order chi connectivity index (χ1) is 20.0. The van der Waals surface area contributed by atoms with Crippen molar-refractivity contribution in [2.45, 2.75) is 19.1 Å². The van der Waals surface area contributed by atoms with E-state index in [0.29, 0.717) is 17.9 Å². The number of amides is 2. The molecule has 3 aromatic carbocycles. The van der Waals surface area contributed by atoms with Gasteiger partial charge in [0.05, 0.1) is 19.3 Å². The first-order valence-corrected chi connectivity index (χ1v) is 13.1. The van der Waals surface area contributed by atoms with Gasteiger partial charge >= 0.3 is 12.1 Å². The molecule has 0 fully saturated rings. The molecule has 0 unspecified atom stereocenters. The minimum atomic E-state index is -0.914. The maximum atomic E-state index is 12.5. The monoisotopic (exact) mass is 553 g/mol. The van der Waals surface area contributed by atoms with Crippen LogP contribution in [0.5, 0.6) is 5.75 Å². The highest BCUT2D eigenvalue weighted by atomic mass is 16.6. The van der Waals surface area contributed by atoms with E-state index < -0.39 is 18.1 Å². The average molecular weight is 554 g/mol. The number of rotatable bonds is 12. The smallest absolute Gasteiger partial charge is 0.408 e. The molecular weight excluding hydrogens is 522 g/mol. The van der Waals surface area contributed by atoms with E-state index in [9.17, 15) is 14.4 Å². The van der Waals surface area contributed by atoms with Crippen LogP contribution in [0.15, 0.2) is 103 Å². The normalized spacial score (nSPS) is 11.1. The number of ether oxygens (including phenoxy) is 3. The fourth-order valence-corrected chi connectivity index (χ4v) is 3.96. The molecule has 0 aliphatic rings. The van der Waals surface area contributed by atoms with E-state index in [1.165, 1.54) is 7.11 Å². The molecule has 0 bridgehead atoms. The molecule has 4 aromatic rings. The Kier molecular flexibility index (Phi) is 10.4. The van der Waals surface area contributed by atoms with Gasteiger partial charge in [0, 0.05) is 23.7 Å². The van der Waals surface area contributed by atoms with Crippen LogP contribution in [-0.2, 0) is 27.3 Å². The third kappa shape index (κ3) is 8.93. The van der Waals surface area contributed by atoms with Gasteiger partial charge in [0.15, 0.2) is 0 Å². The lowest BCUT2D eigenvalue weighted by Crippen LogP contribution is -2.43. The Bertz CT molecular complexity index is 1410. The quantitative estimate of drug-likeness (QED) is 0.195. The molecule has 9 nitrogen and oxygen atoms in total. The van der Waals surface area contributed by atoms with Crippen LogP contribution in [0.25, 0.3) is 11.3 Å². The van der Waals surface area contributed by atoms with E-state index in [-0.39, 0.29) is 25.5 Å². The Labute approximate surface area is 238 Å². The van der Waals surface area contributed by atoms with E-state index >= 15 is 0 Å². The maximum Gasteiger partial charge on any atom is 0.408 e. The van der Waals surface area contributed by atoms with Crippen LogP contribution in [0.3, 0.4) is 0 Å². The summed E-state index contributed by atoms with van der Waals surface area (Å²) in [7, 11) is 1.26. The first kappa shape index (κ1) is 28.8. The van der Waals surface area contributed by atoms with Crippen LogP contribution in [0, 0.1) is 0 Å². The Morgan fingerprint density at radius 2 is 1.56 bits per heavy atom. The Morgan fingerprint density at radius 1 is 0.829 bits per heavy atom. The van der Waals surface area contributed by atoms with Crippen molar-refractivity contribution in [2.24, 2.45) is 0 Å². The van der Waals surface area contributed by atoms with Gasteiger partial charge in [0.25, 0.3) is 5.91 Å². The number of esters is 1. The summed E-state index contributed by atoms with van der Waals surface area (Å²) in [5.74, 6) is -0.170. The number of nitrogens with zero attached hydrogens (tertiary/aromatic N) is 1. The van der Waals surface area contributed by atoms with Crippen LogP contribution in [0.4, 0.5) is 4.79 Å². The highest BCUT2D eigenvalue weighted by Gasteiger charge is 2.23. The number of methoxy groups -OCH3 is 1. The van der Waals surface area contributed by atoms with Crippen LogP contribution in [0.1, 0.15) is 21.5 Å². The Balaban J connectivity index is 1.20. The molecule has 0 aliphatic carbocycles. The Morgan fingerprint density at radius 3 is 2.24 bits per heavy atom. The van der Waals surface area contributed by atoms with Gasteiger partial charge in [0.1, 0.15) is 25.0 Å². The minimum absolute atomic E-state index is 0.0886. The van der Waals surface area contributed by atoms with Gasteiger partial charge in [-0.2, -0.15) is 0 Å². The van der Waals surface area contributed by atoms with Gasteiger partial charge in [0.2, 0.25) is 0 Å². The molecule has 0 spiro atoms. The molecule has 0 saturated heterocycles. The lowest BCUT2D eigenvalue weighted by atomic mass is 10.1. The molecule has 1 aromatic heterocycles. The summed E-state index contributed by atoms with van der Waals surface area (Å²) in [5.41, 5.74) is 3.95. The summed E-state index contributed by atoms with van der Waals surface area (Å²) in [5, 5.41) is 5.41. The summed E-state index contributed by atoms with van der Waals surface area (Å²) in [4.78, 5) is 41.3. The van der Waals surface area contributed by atoms with Gasteiger partial charge in [-0.05, 0) is 47.5 Å². The zero-order chi connectivity index (χ0) is 28.9. The molecular formula is C32H31N3O6. The van der Waals surface area contributed by atoms with Gasteiger partial charge in [-0.3, -0.25) is 9.78 Å². The number of pyridine rings is 1. The summed E-state index contributed by atoms with van der Waals surface area (Å²) >= 11 is 0. The van der Waals surface area contributed by atoms with Crippen molar-refractivity contribution in [1.29, 1.82) is 0 Å². The zero-order valence-electron chi connectivity index (χ0n) is 22.6. The number of hydrogen-bond acceptors (Lipinski definition) is 7. The molecule has 0 radical (unpaired) electrons. The number of carbonyl (C=O) groups excluding carboxylic acids is 3. The minimum Gasteiger partial charge on any atom is -0.492 e. The van der Waals surface area contributed by atoms with E-state index in [0.717, 1.165) is 22.4 Å². The number of benzene rings is 3. The van der Waals surface area contributed by atoms with E-state index in [1.54, 1.807) is 42.6 Å². The number of aromatic nitrogens is 1. The standard InChI is InChI=1S/C32H31N3O6/c1-39-31(37)29(35-32(38)41-22-24-7-3-2-4-8-24)21-23-10-16-27(17-11-23)40-20-19-34-30(36)26-14-12-25(13-15-26)28-9-5-6-18-33-28/h2-18,29H,19-22H2,1H3,(H,34,36)(H,35,38)/t29-/m0/s1. The third-order valence-corrected chi connectivity index (χ3v) is 6.12. The number of hydrogen-bond donors (Lipinski definition) is 2. The van der Waals surface area contributed by atoms with Crippen LogP contribution in [0.2, 0.25) is 0 Å². The van der Waals surface area contributed by atoms with Crippen molar-refractivity contribution < 1.29 is 28.6 Å². The first-order valence-electron chi connectivity index (χ1n) is 13.1. The highest BCUT2D eigenvalue weighted by Crippen LogP contribution is 2.17. The predicted octanol–water partition coefficient (Wildman–Crippen LogP) is 4.57. The third-order valence-electron chi connectivity index (χ3n) is 6.12. The second kappa shape index (κ2) is 14.8. The van der Waals surface area contributed by atoms with Gasteiger partial charge < -0.3 is 24.8 Å². The summed E-state index contributed by atoms with van der Waals surface area (Å²) in [6.45, 7) is 0.685. The van der Waals surface area contributed by atoms with Crippen molar-refractivity contribution in [2.75, 3.05) is 20.3 Å². The fraction of sp³-hybridized carbons (Fsp3) is 0.188. The maximum absolute atomic E-state index is 12.5. The molecule has 1 heterocycles. The number of alkyl carbamates (subject to hydrolysis) is 1. The number of carbonyl (C=O) groups is 3. The van der Waals surface area contributed by atoms with Crippen molar-refractivity contribution in [3.05, 3.63) is 120 Å². The van der Waals surface area contributed by atoms with Gasteiger partial charge in [-0.15, -0.1) is 0 Å². The molecule has 0 aliphatic heterocycles. The molecule has 2 N–H and O–H groups in total. The summed E-state index contributed by atoms with van der Waals surface area (Å²) in [6, 6.07) is 28.4. The lowest BCUT2D eigenvalue weighted by Gasteiger charge is -2.17. The van der Waals surface area contributed by atoms with E-state index in [4.69, 9.17) is 14.2 Å². The van der Waals surface area contributed by atoms with Gasteiger partial charge in [-0.25, -0.2) is 9.59 Å². The summed E-state index contributed by atoms with van der Waals surface area (Å²) in [6.07, 6.45) is 1.23. The fourth-order valence-electron chi connectivity index (χ4n) is 3.96. The highest BCUT2D eigenvalue weighted by molar-refractivity contribution is 5.94. The lowest BCUT2D eigenvalue weighted by molar-refractivity contribution is -0.143.